The maximum Gasteiger partial charge on any atom is 0.343 e. The minimum atomic E-state index is -0.681. The topological polar surface area (TPSA) is 356 Å². The number of hydrogen-bond donors (Lipinski definition) is 2. The van der Waals surface area contributed by atoms with Gasteiger partial charge in [0.15, 0.2) is 0 Å². The number of fused-ring (bicyclic) bond motifs is 1. The molecule has 0 aliphatic heterocycles. The van der Waals surface area contributed by atoms with Crippen LogP contribution in [-0.2, 0) is 85.8 Å². The maximum absolute atomic E-state index is 13.3. The Morgan fingerprint density at radius 2 is 0.473 bits per heavy atom. The Morgan fingerprint density at radius 3 is 0.745 bits per heavy atom. The molecule has 0 aromatic heterocycles. The number of rotatable bonds is 64. The van der Waals surface area contributed by atoms with Gasteiger partial charge in [0.25, 0.3) is 0 Å². The predicted octanol–water partition coefficient (Wildman–Crippen LogP) is 15.0. The molecule has 0 heterocycles. The smallest absolute Gasteiger partial charge is 0.343 e. The Hall–Kier alpha value is -9.30. The van der Waals surface area contributed by atoms with Crippen LogP contribution in [0.3, 0.4) is 0 Å². The molecule has 0 amide bonds. The summed E-state index contributed by atoms with van der Waals surface area (Å²) in [7, 11) is 0. The van der Waals surface area contributed by atoms with Crippen molar-refractivity contribution in [2.45, 2.75) is 257 Å². The lowest BCUT2D eigenvalue weighted by Crippen LogP contribution is -2.11. The third kappa shape index (κ3) is 46.9. The molecule has 608 valence electrons. The number of carbonyl (C=O) groups excluding carboxylic acids is 12. The molecule has 0 fully saturated rings. The van der Waals surface area contributed by atoms with Crippen LogP contribution in [0.1, 0.15) is 278 Å². The van der Waals surface area contributed by atoms with E-state index in [9.17, 15) is 57.5 Å². The molecule has 0 radical (unpaired) electrons. The maximum atomic E-state index is 13.3. The van der Waals surface area contributed by atoms with Crippen LogP contribution in [0.15, 0.2) is 84.9 Å². The van der Waals surface area contributed by atoms with Crippen LogP contribution in [-0.4, -0.2) is 148 Å². The Bertz CT molecular complexity index is 3350. The normalized spacial score (nSPS) is 10.9. The van der Waals surface area contributed by atoms with Crippen molar-refractivity contribution in [3.63, 3.8) is 0 Å². The lowest BCUT2D eigenvalue weighted by Gasteiger charge is -2.11. The van der Waals surface area contributed by atoms with Crippen LogP contribution in [0.25, 0.3) is 10.8 Å². The first kappa shape index (κ1) is 93.1. The molecule has 26 heteroatoms. The second kappa shape index (κ2) is 60.5. The lowest BCUT2D eigenvalue weighted by molar-refractivity contribution is -0.145. The molecule has 0 aliphatic carbocycles. The van der Waals surface area contributed by atoms with Gasteiger partial charge in [0.05, 0.1) is 64.0 Å². The van der Waals surface area contributed by atoms with Crippen molar-refractivity contribution in [2.75, 3.05) is 66.1 Å². The number of unbranched alkanes of at least 4 members (excludes halogenated alkanes) is 20. The van der Waals surface area contributed by atoms with E-state index in [0.717, 1.165) is 38.5 Å². The van der Waals surface area contributed by atoms with Crippen molar-refractivity contribution in [3.8, 4) is 23.0 Å². The van der Waals surface area contributed by atoms with Crippen LogP contribution in [0.2, 0.25) is 0 Å². The van der Waals surface area contributed by atoms with Crippen LogP contribution in [0.5, 0.6) is 23.0 Å². The van der Waals surface area contributed by atoms with Gasteiger partial charge in [-0.1, -0.05) is 31.0 Å². The average Bonchev–Trinajstić information content (AvgIpc) is 0.806. The molecular weight excluding hydrogens is 1420 g/mol. The average molecular weight is 1540 g/mol. The molecule has 110 heavy (non-hydrogen) atoms. The fourth-order valence-electron chi connectivity index (χ4n) is 11.0. The SMILES string of the molecule is O=C(CCCCCO)OCCCCCC(=O)OCCCCCC(=O)OCCCCCC(=O)OCCCCCC(=O)Oc1ccc(C(=O)Oc2ccc3cccc(OC(=O)c4ccc(OC(=O)CCCCCOC(=O)CCCCCOC(=O)CCCCCOC(=O)CCCCCOC(=O)CCCCCO)cc4)c3c2)cc1. The Balaban J connectivity index is 0.951. The fraction of sp³-hybridized carbons (Fsp3) is 0.595. The van der Waals surface area contributed by atoms with Gasteiger partial charge >= 0.3 is 71.6 Å². The van der Waals surface area contributed by atoms with Gasteiger partial charge in [-0.2, -0.15) is 0 Å². The summed E-state index contributed by atoms with van der Waals surface area (Å²) in [5, 5.41) is 18.8. The fourth-order valence-corrected chi connectivity index (χ4v) is 11.0. The van der Waals surface area contributed by atoms with E-state index in [1.54, 1.807) is 30.3 Å². The van der Waals surface area contributed by atoms with Gasteiger partial charge in [0, 0.05) is 82.8 Å². The highest BCUT2D eigenvalue weighted by Crippen LogP contribution is 2.31. The molecule has 0 saturated carbocycles. The molecule has 0 unspecified atom stereocenters. The Morgan fingerprint density at radius 1 is 0.227 bits per heavy atom. The van der Waals surface area contributed by atoms with Gasteiger partial charge in [-0.25, -0.2) is 9.59 Å². The molecule has 0 bridgehead atoms. The summed E-state index contributed by atoms with van der Waals surface area (Å²) in [6.45, 7) is 2.46. The van der Waals surface area contributed by atoms with Gasteiger partial charge in [0.2, 0.25) is 0 Å². The molecule has 4 rings (SSSR count). The lowest BCUT2D eigenvalue weighted by atomic mass is 10.1. The molecule has 4 aromatic carbocycles. The highest BCUT2D eigenvalue weighted by Gasteiger charge is 2.18. The third-order valence-corrected chi connectivity index (χ3v) is 17.3. The summed E-state index contributed by atoms with van der Waals surface area (Å²) in [6, 6.07) is 21.8. The monoisotopic (exact) mass is 1540 g/mol. The molecular formula is C84H116O26. The number of carbonyl (C=O) groups is 12. The summed E-state index contributed by atoms with van der Waals surface area (Å²) < 4.78 is 64.5. The van der Waals surface area contributed by atoms with E-state index in [1.807, 2.05) is 6.07 Å². The Labute approximate surface area is 646 Å². The van der Waals surface area contributed by atoms with Crippen molar-refractivity contribution in [3.05, 3.63) is 96.1 Å². The summed E-state index contributed by atoms with van der Waals surface area (Å²) in [4.78, 5) is 148. The van der Waals surface area contributed by atoms with Crippen molar-refractivity contribution >= 4 is 82.4 Å². The van der Waals surface area contributed by atoms with E-state index in [2.05, 4.69) is 0 Å². The van der Waals surface area contributed by atoms with Crippen molar-refractivity contribution < 1.29 is 125 Å². The van der Waals surface area contributed by atoms with E-state index in [4.69, 9.17) is 67.1 Å². The number of hydrogen-bond acceptors (Lipinski definition) is 26. The highest BCUT2D eigenvalue weighted by atomic mass is 16.6. The van der Waals surface area contributed by atoms with Crippen molar-refractivity contribution in [2.24, 2.45) is 0 Å². The third-order valence-electron chi connectivity index (χ3n) is 17.3. The zero-order valence-corrected chi connectivity index (χ0v) is 64.1. The van der Waals surface area contributed by atoms with E-state index in [0.29, 0.717) is 217 Å². The summed E-state index contributed by atoms with van der Waals surface area (Å²) in [5.74, 6) is -3.66. The van der Waals surface area contributed by atoms with Crippen LogP contribution in [0, 0.1) is 0 Å². The minimum absolute atomic E-state index is 0.123. The van der Waals surface area contributed by atoms with Crippen LogP contribution >= 0.6 is 0 Å². The predicted molar refractivity (Wildman–Crippen MR) is 405 cm³/mol. The van der Waals surface area contributed by atoms with Crippen LogP contribution < -0.4 is 18.9 Å². The first-order chi connectivity index (χ1) is 53.5. The number of benzene rings is 4. The Kier molecular flexibility index (Phi) is 51.2. The standard InChI is InChI=1S/C84H116O26/c85-54-21-1-11-34-73(87)99-56-23-3-13-36-75(89)101-58-25-5-15-38-77(91)103-60-27-7-17-40-79(93)105-62-29-9-19-42-81(95)107-68-49-45-66(46-50-68)83(97)109-70-53-44-65-32-31-33-72(71(65)64-70)110-84(98)67-47-51-69(52-48-67)108-82(96)43-20-10-30-63-106-80(94)41-18-8-28-61-104-78(92)39-16-6-26-59-102-76(90)37-14-4-24-57-100-74(88)35-12-2-22-55-86/h31-33,44-53,64,85-86H,1-30,34-43,54-63H2. The highest BCUT2D eigenvalue weighted by molar-refractivity contribution is 5.97. The van der Waals surface area contributed by atoms with Gasteiger partial charge in [-0.05, 0) is 252 Å². The largest absolute Gasteiger partial charge is 0.466 e. The van der Waals surface area contributed by atoms with E-state index >= 15 is 0 Å². The summed E-state index contributed by atoms with van der Waals surface area (Å²) in [5.41, 5.74) is 0.378. The molecule has 0 saturated heterocycles. The molecule has 2 N–H and O–H groups in total. The number of ether oxygens (including phenoxy) is 12. The summed E-state index contributed by atoms with van der Waals surface area (Å²) >= 11 is 0. The van der Waals surface area contributed by atoms with Gasteiger partial charge in [-0.15, -0.1) is 0 Å². The molecule has 26 nitrogen and oxygen atoms in total. The second-order valence-corrected chi connectivity index (χ2v) is 26.7. The zero-order chi connectivity index (χ0) is 79.3. The number of aliphatic hydroxyl groups excluding tert-OH is 2. The molecule has 0 spiro atoms. The minimum Gasteiger partial charge on any atom is -0.466 e. The number of esters is 12. The van der Waals surface area contributed by atoms with E-state index < -0.39 is 23.9 Å². The van der Waals surface area contributed by atoms with E-state index in [-0.39, 0.29) is 160 Å². The van der Waals surface area contributed by atoms with Crippen molar-refractivity contribution in [1.29, 1.82) is 0 Å². The van der Waals surface area contributed by atoms with Crippen LogP contribution in [0.4, 0.5) is 0 Å². The quantitative estimate of drug-likeness (QED) is 0.0179. The second-order valence-electron chi connectivity index (χ2n) is 26.7. The first-order valence-electron chi connectivity index (χ1n) is 39.6. The number of aliphatic hydroxyl groups is 2. The van der Waals surface area contributed by atoms with Gasteiger partial charge in [-0.3, -0.25) is 47.9 Å². The molecule has 0 atom stereocenters. The molecule has 0 aliphatic rings. The van der Waals surface area contributed by atoms with Gasteiger partial charge in [0.1, 0.15) is 23.0 Å². The first-order valence-corrected chi connectivity index (χ1v) is 39.6. The molecule has 4 aromatic rings. The van der Waals surface area contributed by atoms with Crippen molar-refractivity contribution in [1.82, 2.24) is 0 Å². The zero-order valence-electron chi connectivity index (χ0n) is 64.1. The van der Waals surface area contributed by atoms with Gasteiger partial charge < -0.3 is 67.1 Å². The van der Waals surface area contributed by atoms with E-state index in [1.165, 1.54) is 48.5 Å². The summed E-state index contributed by atoms with van der Waals surface area (Å²) in [6.07, 6.45) is 22.3.